The molecule has 3 fully saturated rings. The Morgan fingerprint density at radius 3 is 2.28 bits per heavy atom. The molecule has 0 bridgehead atoms. The standard InChI is InChI=1S/C33H55N3O11/c1-12-21-33(8)23(22(28(34)35-42)30(41)47-33)17(4)24(37)15(2)14-32(7,43-11)27(18(5)25(38)19(6)29(40)45-21)46-31-26(39)20(36(9)10)13-16(3)44-31/h15-23,26-27,31,39,42H,12-14H2,1-11H3,(H2,34,35)/t15-,16?,17-,18+,19-,20?,21+,22?,23?,26?,27-,31?,32-,33-/m1/s1/i/hT. The van der Waals surface area contributed by atoms with Gasteiger partial charge in [-0.1, -0.05) is 32.9 Å². The van der Waals surface area contributed by atoms with E-state index in [1.165, 1.54) is 14.0 Å². The van der Waals surface area contributed by atoms with E-state index in [0.29, 0.717) is 6.42 Å². The van der Waals surface area contributed by atoms with Crippen molar-refractivity contribution in [2.75, 3.05) is 21.2 Å². The fourth-order valence-corrected chi connectivity index (χ4v) is 8.00. The Morgan fingerprint density at radius 2 is 1.72 bits per heavy atom. The number of Topliss-reactive ketones (excluding diaryl/α,β-unsaturated/α-hetero) is 2. The van der Waals surface area contributed by atoms with Crippen molar-refractivity contribution < 1.29 is 54.6 Å². The number of cyclic esters (lactones) is 1. The topological polar surface area (TPSA) is 197 Å². The summed E-state index contributed by atoms with van der Waals surface area (Å²) in [7, 11) is 5.14. The number of methoxy groups -OCH3 is 1. The summed E-state index contributed by atoms with van der Waals surface area (Å²) >= 11 is 0. The molecule has 268 valence electrons. The van der Waals surface area contributed by atoms with E-state index in [4.69, 9.17) is 30.8 Å². The van der Waals surface area contributed by atoms with Crippen LogP contribution in [0.2, 0.25) is 1.43 Å². The second-order valence-corrected chi connectivity index (χ2v) is 14.3. The minimum absolute atomic E-state index is 0.0583. The van der Waals surface area contributed by atoms with Crippen LogP contribution in [0.3, 0.4) is 0 Å². The number of aliphatic hydroxyl groups is 1. The van der Waals surface area contributed by atoms with E-state index in [9.17, 15) is 24.3 Å². The van der Waals surface area contributed by atoms with Crippen LogP contribution in [-0.2, 0) is 42.9 Å². The van der Waals surface area contributed by atoms with Crippen molar-refractivity contribution in [2.45, 2.75) is 123 Å². The van der Waals surface area contributed by atoms with Crippen LogP contribution in [0.1, 0.15) is 74.7 Å². The molecule has 3 heterocycles. The zero-order valence-corrected chi connectivity index (χ0v) is 29.6. The fraction of sp³-hybridized carbons (Fsp3) is 0.848. The Kier molecular flexibility index (Phi) is 11.7. The summed E-state index contributed by atoms with van der Waals surface area (Å²) in [5.74, 6) is -8.97. The molecule has 47 heavy (non-hydrogen) atoms. The first-order valence-corrected chi connectivity index (χ1v) is 16.5. The average Bonchev–Trinajstić information content (AvgIpc) is 3.31. The lowest BCUT2D eigenvalue weighted by Gasteiger charge is -2.47. The van der Waals surface area contributed by atoms with Crippen LogP contribution < -0.4 is 5.73 Å². The van der Waals surface area contributed by atoms with Gasteiger partial charge < -0.3 is 44.6 Å². The molecule has 0 aromatic carbocycles. The van der Waals surface area contributed by atoms with Gasteiger partial charge in [0, 0.05) is 36.8 Å². The third-order valence-electron chi connectivity index (χ3n) is 10.8. The van der Waals surface area contributed by atoms with E-state index >= 15 is 0 Å². The van der Waals surface area contributed by atoms with Crippen LogP contribution in [0.15, 0.2) is 5.16 Å². The van der Waals surface area contributed by atoms with Gasteiger partial charge in [-0.25, -0.2) is 0 Å². The van der Waals surface area contributed by atoms with Crippen LogP contribution in [0.25, 0.3) is 0 Å². The first kappa shape index (κ1) is 37.2. The number of ketones is 2. The lowest BCUT2D eigenvalue weighted by atomic mass is 9.67. The predicted molar refractivity (Wildman–Crippen MR) is 169 cm³/mol. The summed E-state index contributed by atoms with van der Waals surface area (Å²) in [4.78, 5) is 57.4. The summed E-state index contributed by atoms with van der Waals surface area (Å²) in [6.07, 6.45) is -3.86. The SMILES string of the molecule is [3H]ON=C(N)C1C(=O)O[C@@]2(C)C1[C@@H](C)C(=O)[C@H](C)C[C@@](C)(OC)[C@H](OC1OC(C)CC(N(C)C)C1O)[C@@H](C)C(=O)[C@@H](C)C(=O)O[C@H]2CC. The maximum atomic E-state index is 14.3. The number of esters is 2. The first-order chi connectivity index (χ1) is 22.3. The van der Waals surface area contributed by atoms with Crippen LogP contribution in [0.4, 0.5) is 0 Å². The van der Waals surface area contributed by atoms with Gasteiger partial charge in [-0.3, -0.25) is 19.2 Å². The first-order valence-electron chi connectivity index (χ1n) is 16.9. The average molecular weight is 672 g/mol. The molecule has 3 rings (SSSR count). The van der Waals surface area contributed by atoms with E-state index in [1.54, 1.807) is 41.5 Å². The second kappa shape index (κ2) is 14.9. The maximum Gasteiger partial charge on any atom is 0.330 e. The Morgan fingerprint density at radius 1 is 1.09 bits per heavy atom. The van der Waals surface area contributed by atoms with Gasteiger partial charge in [0.25, 0.3) is 0 Å². The van der Waals surface area contributed by atoms with Crippen LogP contribution in [-0.4, -0.2) is 114 Å². The molecule has 14 atom stereocenters. The number of carbonyl (C=O) groups excluding carboxylic acids is 4. The predicted octanol–water partition coefficient (Wildman–Crippen LogP) is 1.91. The van der Waals surface area contributed by atoms with Crippen molar-refractivity contribution in [1.29, 1.82) is 0 Å². The van der Waals surface area contributed by atoms with Crippen molar-refractivity contribution in [3.05, 3.63) is 0 Å². The second-order valence-electron chi connectivity index (χ2n) is 14.3. The van der Waals surface area contributed by atoms with Gasteiger partial charge in [-0.2, -0.15) is 0 Å². The highest BCUT2D eigenvalue weighted by Crippen LogP contribution is 2.48. The number of aliphatic hydroxyl groups excluding tert-OH is 1. The summed E-state index contributed by atoms with van der Waals surface area (Å²) in [6, 6.07) is -0.298. The van der Waals surface area contributed by atoms with Crippen LogP contribution >= 0.6 is 0 Å². The largest absolute Gasteiger partial charge is 0.458 e. The van der Waals surface area contributed by atoms with Gasteiger partial charge >= 0.3 is 13.4 Å². The lowest BCUT2D eigenvalue weighted by Crippen LogP contribution is -2.59. The monoisotopic (exact) mass is 671 g/mol. The summed E-state index contributed by atoms with van der Waals surface area (Å²) in [5.41, 5.74) is 3.25. The van der Waals surface area contributed by atoms with E-state index in [0.717, 1.165) is 0 Å². The molecule has 0 spiro atoms. The number of ether oxygens (including phenoxy) is 5. The third kappa shape index (κ3) is 7.36. The molecule has 14 heteroatoms. The summed E-state index contributed by atoms with van der Waals surface area (Å²) < 4.78 is 37.5. The number of amidine groups is 1. The summed E-state index contributed by atoms with van der Waals surface area (Å²) in [6.45, 7) is 13.3. The number of oxime groups is 1. The molecule has 3 aliphatic heterocycles. The van der Waals surface area contributed by atoms with Crippen LogP contribution in [0.5, 0.6) is 0 Å². The third-order valence-corrected chi connectivity index (χ3v) is 10.8. The minimum atomic E-state index is -1.55. The molecule has 0 saturated carbocycles. The van der Waals surface area contributed by atoms with E-state index in [1.807, 2.05) is 25.9 Å². The summed E-state index contributed by atoms with van der Waals surface area (Å²) in [5, 5.41) is 18.9. The quantitative estimate of drug-likeness (QED) is 0.0887. The zero-order chi connectivity index (χ0) is 36.5. The van der Waals surface area contributed by atoms with Gasteiger partial charge in [0.1, 0.15) is 29.8 Å². The molecular weight excluding hydrogens is 614 g/mol. The molecule has 0 aromatic heterocycles. The highest BCUT2D eigenvalue weighted by Gasteiger charge is 2.62. The number of rotatable bonds is 7. The normalized spacial score (nSPS) is 44.7. The number of likely N-dealkylation sites (N-methyl/N-ethyl adjacent to an activating group) is 1. The number of fused-ring (bicyclic) bond motifs is 1. The van der Waals surface area contributed by atoms with E-state index in [2.05, 4.69) is 10.4 Å². The van der Waals surface area contributed by atoms with Crippen molar-refractivity contribution >= 4 is 29.3 Å². The Labute approximate surface area is 279 Å². The molecule has 0 aromatic rings. The van der Waals surface area contributed by atoms with Gasteiger partial charge in [0.2, 0.25) is 0 Å². The van der Waals surface area contributed by atoms with Gasteiger partial charge in [0.05, 0.1) is 17.8 Å². The fourth-order valence-electron chi connectivity index (χ4n) is 8.00. The number of hydrogen-bond acceptors (Lipinski definition) is 13. The van der Waals surface area contributed by atoms with E-state index in [-0.39, 0.29) is 36.6 Å². The molecule has 6 unspecified atom stereocenters. The Balaban J connectivity index is 2.17. The van der Waals surface area contributed by atoms with Crippen LogP contribution in [0, 0.1) is 35.5 Å². The molecule has 3 aliphatic rings. The van der Waals surface area contributed by atoms with Gasteiger partial charge in [-0.05, 0) is 61.1 Å². The number of hydrogen-bond donors (Lipinski definition) is 3. The van der Waals surface area contributed by atoms with Crippen molar-refractivity contribution in [3.8, 4) is 0 Å². The molecule has 0 aliphatic carbocycles. The van der Waals surface area contributed by atoms with Crippen molar-refractivity contribution in [1.82, 2.24) is 4.90 Å². The smallest absolute Gasteiger partial charge is 0.330 e. The molecular formula is C33H55N3O11. The molecule has 3 saturated heterocycles. The molecule has 0 radical (unpaired) electrons. The van der Waals surface area contributed by atoms with Gasteiger partial charge in [0.15, 0.2) is 23.5 Å². The number of nitrogens with two attached hydrogens (primary N) is 1. The highest BCUT2D eigenvalue weighted by atomic mass is 16.7. The Hall–Kier alpha value is -2.65. The number of carbonyl (C=O) groups is 4. The minimum Gasteiger partial charge on any atom is -0.458 e. The molecule has 4 N–H and O–H groups in total. The molecule has 14 nitrogen and oxygen atoms in total. The van der Waals surface area contributed by atoms with E-state index < -0.39 is 89.0 Å². The van der Waals surface area contributed by atoms with Crippen molar-refractivity contribution in [3.63, 3.8) is 0 Å². The van der Waals surface area contributed by atoms with Crippen molar-refractivity contribution in [2.24, 2.45) is 46.4 Å². The molecule has 0 amide bonds. The van der Waals surface area contributed by atoms with Gasteiger partial charge in [-0.15, -0.1) is 0 Å². The highest BCUT2D eigenvalue weighted by molar-refractivity contribution is 6.03. The number of nitrogens with zero attached hydrogens (tertiary/aromatic N) is 2. The Bertz CT molecular complexity index is 1240. The zero-order valence-electron chi connectivity index (χ0n) is 30.6. The lowest BCUT2D eigenvalue weighted by molar-refractivity contribution is -0.295. The maximum absolute atomic E-state index is 14.3.